The monoisotopic (exact) mass is 240 g/mol. The van der Waals surface area contributed by atoms with Crippen LogP contribution in [0.15, 0.2) is 22.7 Å². The summed E-state index contributed by atoms with van der Waals surface area (Å²) in [7, 11) is 1.76. The Bertz CT molecular complexity index is 365. The highest BCUT2D eigenvalue weighted by atomic mass is 79.9. The first kappa shape index (κ1) is 8.56. The number of urea groups is 1. The minimum atomic E-state index is -0.0504. The molecule has 0 radical (unpaired) electrons. The zero-order valence-electron chi connectivity index (χ0n) is 7.17. The lowest BCUT2D eigenvalue weighted by molar-refractivity contribution is 0.246. The SMILES string of the molecule is CN1C(=O)NCc2ccc(Br)cc21. The number of nitrogens with one attached hydrogen (secondary N) is 1. The van der Waals surface area contributed by atoms with Gasteiger partial charge in [-0.1, -0.05) is 22.0 Å². The van der Waals surface area contributed by atoms with Crippen LogP contribution in [0.3, 0.4) is 0 Å². The summed E-state index contributed by atoms with van der Waals surface area (Å²) in [5.41, 5.74) is 2.11. The molecule has 68 valence electrons. The van der Waals surface area contributed by atoms with E-state index >= 15 is 0 Å². The quantitative estimate of drug-likeness (QED) is 0.741. The van der Waals surface area contributed by atoms with Crippen LogP contribution in [-0.4, -0.2) is 13.1 Å². The Kier molecular flexibility index (Phi) is 2.00. The number of rotatable bonds is 0. The van der Waals surface area contributed by atoms with Gasteiger partial charge < -0.3 is 5.32 Å². The van der Waals surface area contributed by atoms with E-state index in [1.54, 1.807) is 11.9 Å². The van der Waals surface area contributed by atoms with E-state index in [0.29, 0.717) is 6.54 Å². The molecule has 1 heterocycles. The van der Waals surface area contributed by atoms with Crippen molar-refractivity contribution < 1.29 is 4.79 Å². The lowest BCUT2D eigenvalue weighted by Crippen LogP contribution is -2.41. The molecule has 0 fully saturated rings. The molecule has 0 atom stereocenters. The molecular formula is C9H9BrN2O. The Balaban J connectivity index is 2.51. The zero-order valence-corrected chi connectivity index (χ0v) is 8.76. The Morgan fingerprint density at radius 2 is 2.31 bits per heavy atom. The molecule has 0 saturated carbocycles. The second-order valence-electron chi connectivity index (χ2n) is 2.99. The lowest BCUT2D eigenvalue weighted by Gasteiger charge is -2.26. The highest BCUT2D eigenvalue weighted by Crippen LogP contribution is 2.26. The number of benzene rings is 1. The summed E-state index contributed by atoms with van der Waals surface area (Å²) in [5.74, 6) is 0. The number of amides is 2. The minimum absolute atomic E-state index is 0.0504. The molecule has 4 heteroatoms. The predicted octanol–water partition coefficient (Wildman–Crippen LogP) is 2.11. The normalized spacial score (nSPS) is 15.2. The number of carbonyl (C=O) groups is 1. The fourth-order valence-electron chi connectivity index (χ4n) is 1.40. The summed E-state index contributed by atoms with van der Waals surface area (Å²) >= 11 is 3.38. The van der Waals surface area contributed by atoms with Gasteiger partial charge in [-0.25, -0.2) is 4.79 Å². The van der Waals surface area contributed by atoms with E-state index in [1.165, 1.54) is 0 Å². The van der Waals surface area contributed by atoms with Gasteiger partial charge in [-0.3, -0.25) is 4.90 Å². The van der Waals surface area contributed by atoms with Crippen LogP contribution in [0.4, 0.5) is 10.5 Å². The Labute approximate surface area is 84.9 Å². The van der Waals surface area contributed by atoms with Gasteiger partial charge in [0, 0.05) is 18.1 Å². The smallest absolute Gasteiger partial charge is 0.321 e. The Hall–Kier alpha value is -1.03. The summed E-state index contributed by atoms with van der Waals surface area (Å²) in [6, 6.07) is 5.89. The summed E-state index contributed by atoms with van der Waals surface area (Å²) in [5, 5.41) is 2.78. The minimum Gasteiger partial charge on any atom is -0.334 e. The average Bonchev–Trinajstić information content (AvgIpc) is 2.12. The van der Waals surface area contributed by atoms with Crippen molar-refractivity contribution in [3.8, 4) is 0 Å². The summed E-state index contributed by atoms with van der Waals surface area (Å²) in [6.45, 7) is 0.617. The molecule has 2 amide bonds. The van der Waals surface area contributed by atoms with Gasteiger partial charge in [0.15, 0.2) is 0 Å². The van der Waals surface area contributed by atoms with Crippen molar-refractivity contribution in [2.75, 3.05) is 11.9 Å². The Morgan fingerprint density at radius 3 is 3.08 bits per heavy atom. The van der Waals surface area contributed by atoms with Crippen molar-refractivity contribution >= 4 is 27.6 Å². The number of nitrogens with zero attached hydrogens (tertiary/aromatic N) is 1. The molecule has 13 heavy (non-hydrogen) atoms. The molecule has 1 aliphatic rings. The van der Waals surface area contributed by atoms with Gasteiger partial charge in [0.05, 0.1) is 5.69 Å². The van der Waals surface area contributed by atoms with Gasteiger partial charge in [-0.05, 0) is 17.7 Å². The van der Waals surface area contributed by atoms with Crippen LogP contribution in [-0.2, 0) is 6.54 Å². The van der Waals surface area contributed by atoms with Crippen LogP contribution in [0.25, 0.3) is 0 Å². The van der Waals surface area contributed by atoms with Crippen LogP contribution in [0.5, 0.6) is 0 Å². The van der Waals surface area contributed by atoms with Crippen molar-refractivity contribution in [1.29, 1.82) is 0 Å². The van der Waals surface area contributed by atoms with Gasteiger partial charge in [0.2, 0.25) is 0 Å². The first-order chi connectivity index (χ1) is 6.18. The van der Waals surface area contributed by atoms with Gasteiger partial charge in [0.25, 0.3) is 0 Å². The number of halogens is 1. The molecule has 2 rings (SSSR count). The number of anilines is 1. The van der Waals surface area contributed by atoms with Crippen molar-refractivity contribution in [3.05, 3.63) is 28.2 Å². The van der Waals surface area contributed by atoms with Crippen LogP contribution in [0.2, 0.25) is 0 Å². The largest absolute Gasteiger partial charge is 0.334 e. The van der Waals surface area contributed by atoms with Crippen molar-refractivity contribution in [3.63, 3.8) is 0 Å². The Morgan fingerprint density at radius 1 is 1.54 bits per heavy atom. The highest BCUT2D eigenvalue weighted by Gasteiger charge is 2.19. The molecule has 0 bridgehead atoms. The van der Waals surface area contributed by atoms with Gasteiger partial charge >= 0.3 is 6.03 Å². The fourth-order valence-corrected chi connectivity index (χ4v) is 1.75. The number of fused-ring (bicyclic) bond motifs is 1. The summed E-state index contributed by atoms with van der Waals surface area (Å²) < 4.78 is 0.993. The molecule has 1 aliphatic heterocycles. The maximum absolute atomic E-state index is 11.3. The van der Waals surface area contributed by atoms with E-state index in [4.69, 9.17) is 0 Å². The lowest BCUT2D eigenvalue weighted by atomic mass is 10.1. The van der Waals surface area contributed by atoms with Crippen LogP contribution in [0.1, 0.15) is 5.56 Å². The second-order valence-corrected chi connectivity index (χ2v) is 3.91. The third-order valence-corrected chi connectivity index (χ3v) is 2.64. The molecule has 0 aliphatic carbocycles. The maximum Gasteiger partial charge on any atom is 0.321 e. The molecule has 0 saturated heterocycles. The van der Waals surface area contributed by atoms with Crippen molar-refractivity contribution in [2.45, 2.75) is 6.54 Å². The third-order valence-electron chi connectivity index (χ3n) is 2.14. The van der Waals surface area contributed by atoms with Gasteiger partial charge in [-0.15, -0.1) is 0 Å². The predicted molar refractivity (Wildman–Crippen MR) is 54.8 cm³/mol. The molecule has 0 unspecified atom stereocenters. The number of carbonyl (C=O) groups excluding carboxylic acids is 1. The molecule has 0 aromatic heterocycles. The standard InChI is InChI=1S/C9H9BrN2O/c1-12-8-4-7(10)3-2-6(8)5-11-9(12)13/h2-4H,5H2,1H3,(H,11,13). The number of hydrogen-bond donors (Lipinski definition) is 1. The van der Waals surface area contributed by atoms with E-state index in [0.717, 1.165) is 15.7 Å². The molecule has 0 spiro atoms. The number of hydrogen-bond acceptors (Lipinski definition) is 1. The van der Waals surface area contributed by atoms with E-state index < -0.39 is 0 Å². The van der Waals surface area contributed by atoms with Gasteiger partial charge in [0.1, 0.15) is 0 Å². The third kappa shape index (κ3) is 1.42. The van der Waals surface area contributed by atoms with Gasteiger partial charge in [-0.2, -0.15) is 0 Å². The first-order valence-corrected chi connectivity index (χ1v) is 4.78. The topological polar surface area (TPSA) is 32.3 Å². The molecule has 1 aromatic rings. The first-order valence-electron chi connectivity index (χ1n) is 3.98. The zero-order chi connectivity index (χ0) is 9.42. The molecule has 1 N–H and O–H groups in total. The van der Waals surface area contributed by atoms with E-state index in [1.807, 2.05) is 18.2 Å². The highest BCUT2D eigenvalue weighted by molar-refractivity contribution is 9.10. The van der Waals surface area contributed by atoms with Crippen LogP contribution >= 0.6 is 15.9 Å². The van der Waals surface area contributed by atoms with Crippen LogP contribution < -0.4 is 10.2 Å². The van der Waals surface area contributed by atoms with Crippen molar-refractivity contribution in [2.24, 2.45) is 0 Å². The molecule has 3 nitrogen and oxygen atoms in total. The fraction of sp³-hybridized carbons (Fsp3) is 0.222. The second kappa shape index (κ2) is 3.03. The average molecular weight is 241 g/mol. The van der Waals surface area contributed by atoms with E-state index in [9.17, 15) is 4.79 Å². The maximum atomic E-state index is 11.3. The van der Waals surface area contributed by atoms with Crippen molar-refractivity contribution in [1.82, 2.24) is 5.32 Å². The molecular weight excluding hydrogens is 232 g/mol. The van der Waals surface area contributed by atoms with E-state index in [2.05, 4.69) is 21.2 Å². The summed E-state index contributed by atoms with van der Waals surface area (Å²) in [4.78, 5) is 12.9. The summed E-state index contributed by atoms with van der Waals surface area (Å²) in [6.07, 6.45) is 0. The van der Waals surface area contributed by atoms with Crippen LogP contribution in [0, 0.1) is 0 Å². The van der Waals surface area contributed by atoms with E-state index in [-0.39, 0.29) is 6.03 Å². The molecule has 1 aromatic carbocycles.